The van der Waals surface area contributed by atoms with E-state index in [1.807, 2.05) is 42.5 Å². The Hall–Kier alpha value is -1.85. The number of benzene rings is 2. The summed E-state index contributed by atoms with van der Waals surface area (Å²) in [5.74, 6) is 0.728. The molecule has 1 aliphatic rings. The summed E-state index contributed by atoms with van der Waals surface area (Å²) < 4.78 is 28.0. The summed E-state index contributed by atoms with van der Waals surface area (Å²) >= 11 is 0. The van der Waals surface area contributed by atoms with Crippen molar-refractivity contribution in [3.8, 4) is 16.9 Å². The molecule has 3 rings (SSSR count). The van der Waals surface area contributed by atoms with E-state index in [0.717, 1.165) is 29.7 Å². The Kier molecular flexibility index (Phi) is 3.69. The Morgan fingerprint density at radius 2 is 1.76 bits per heavy atom. The van der Waals surface area contributed by atoms with Gasteiger partial charge in [-0.15, -0.1) is 0 Å². The van der Waals surface area contributed by atoms with E-state index in [1.54, 1.807) is 6.07 Å². The van der Waals surface area contributed by atoms with E-state index in [2.05, 4.69) is 0 Å². The molecule has 0 saturated heterocycles. The highest BCUT2D eigenvalue weighted by atomic mass is 32.2. The summed E-state index contributed by atoms with van der Waals surface area (Å²) in [4.78, 5) is 0. The maximum Gasteiger partial charge on any atom is 0.213 e. The summed E-state index contributed by atoms with van der Waals surface area (Å²) in [7, 11) is -3.51. The number of hydrogen-bond donors (Lipinski definition) is 1. The second-order valence-electron chi connectivity index (χ2n) is 5.35. The number of nitrogens with two attached hydrogens (primary N) is 1. The van der Waals surface area contributed by atoms with Crippen LogP contribution in [0.1, 0.15) is 18.4 Å². The van der Waals surface area contributed by atoms with Crippen LogP contribution >= 0.6 is 0 Å². The van der Waals surface area contributed by atoms with E-state index in [0.29, 0.717) is 11.7 Å². The molecule has 0 spiro atoms. The normalized spacial score (nSPS) is 14.9. The topological polar surface area (TPSA) is 69.4 Å². The van der Waals surface area contributed by atoms with Gasteiger partial charge in [0, 0.05) is 0 Å². The fourth-order valence-electron chi connectivity index (χ4n) is 2.18. The molecule has 0 radical (unpaired) electrons. The van der Waals surface area contributed by atoms with Gasteiger partial charge in [-0.25, -0.2) is 13.6 Å². The molecule has 5 heteroatoms. The molecule has 4 nitrogen and oxygen atoms in total. The Morgan fingerprint density at radius 1 is 1.05 bits per heavy atom. The quantitative estimate of drug-likeness (QED) is 0.923. The molecular formula is C16H17NO3S. The number of sulfonamides is 1. The minimum Gasteiger partial charge on any atom is -0.490 e. The van der Waals surface area contributed by atoms with Crippen molar-refractivity contribution in [3.05, 3.63) is 54.1 Å². The average Bonchev–Trinajstić information content (AvgIpc) is 3.22. The number of ether oxygens (including phenoxy) is 1. The highest BCUT2D eigenvalue weighted by Crippen LogP contribution is 2.29. The molecule has 0 aromatic heterocycles. The van der Waals surface area contributed by atoms with Crippen LogP contribution in [0.5, 0.6) is 5.75 Å². The molecule has 0 bridgehead atoms. The van der Waals surface area contributed by atoms with Crippen LogP contribution in [-0.4, -0.2) is 14.5 Å². The molecule has 2 aromatic carbocycles. The summed E-state index contributed by atoms with van der Waals surface area (Å²) in [5, 5.41) is 5.08. The molecule has 0 amide bonds. The maximum absolute atomic E-state index is 11.2. The van der Waals surface area contributed by atoms with Crippen LogP contribution in [0.3, 0.4) is 0 Å². The first-order valence-corrected chi connectivity index (χ1v) is 8.58. The number of hydrogen-bond acceptors (Lipinski definition) is 3. The van der Waals surface area contributed by atoms with Gasteiger partial charge in [-0.1, -0.05) is 36.4 Å². The van der Waals surface area contributed by atoms with Gasteiger partial charge in [-0.05, 0) is 41.7 Å². The van der Waals surface area contributed by atoms with Gasteiger partial charge >= 0.3 is 0 Å². The van der Waals surface area contributed by atoms with Crippen molar-refractivity contribution in [1.29, 1.82) is 0 Å². The lowest BCUT2D eigenvalue weighted by atomic mass is 10.0. The third-order valence-corrected chi connectivity index (χ3v) is 4.05. The van der Waals surface area contributed by atoms with Gasteiger partial charge in [0.2, 0.25) is 10.0 Å². The fourth-order valence-corrected chi connectivity index (χ4v) is 2.82. The minimum absolute atomic E-state index is 0.149. The van der Waals surface area contributed by atoms with E-state index in [-0.39, 0.29) is 5.75 Å². The molecule has 2 N–H and O–H groups in total. The molecule has 0 atom stereocenters. The van der Waals surface area contributed by atoms with Crippen LogP contribution in [0.25, 0.3) is 11.1 Å². The van der Waals surface area contributed by atoms with Gasteiger partial charge in [0.05, 0.1) is 11.9 Å². The monoisotopic (exact) mass is 303 g/mol. The Bertz CT molecular complexity index is 734. The summed E-state index contributed by atoms with van der Waals surface area (Å²) in [6.45, 7) is 0. The zero-order valence-corrected chi connectivity index (χ0v) is 12.3. The lowest BCUT2D eigenvalue weighted by molar-refractivity contribution is 0.303. The zero-order valence-electron chi connectivity index (χ0n) is 11.5. The van der Waals surface area contributed by atoms with Crippen molar-refractivity contribution in [2.24, 2.45) is 5.14 Å². The van der Waals surface area contributed by atoms with Crippen molar-refractivity contribution in [1.82, 2.24) is 0 Å². The number of primary sulfonamides is 1. The van der Waals surface area contributed by atoms with Crippen LogP contribution in [0.2, 0.25) is 0 Å². The van der Waals surface area contributed by atoms with Gasteiger partial charge in [-0.3, -0.25) is 0 Å². The lowest BCUT2D eigenvalue weighted by Gasteiger charge is -2.07. The Labute approximate surface area is 124 Å². The first-order chi connectivity index (χ1) is 9.99. The van der Waals surface area contributed by atoms with E-state index in [4.69, 9.17) is 9.88 Å². The molecule has 1 aliphatic carbocycles. The maximum atomic E-state index is 11.2. The molecule has 2 aromatic rings. The second kappa shape index (κ2) is 5.50. The number of rotatable bonds is 5. The van der Waals surface area contributed by atoms with E-state index in [9.17, 15) is 8.42 Å². The molecule has 0 heterocycles. The first kappa shape index (κ1) is 14.1. The van der Waals surface area contributed by atoms with Crippen LogP contribution < -0.4 is 9.88 Å². The Morgan fingerprint density at radius 3 is 2.38 bits per heavy atom. The van der Waals surface area contributed by atoms with Gasteiger partial charge in [0.15, 0.2) is 0 Å². The van der Waals surface area contributed by atoms with E-state index >= 15 is 0 Å². The average molecular weight is 303 g/mol. The van der Waals surface area contributed by atoms with Gasteiger partial charge < -0.3 is 4.74 Å². The molecule has 0 unspecified atom stereocenters. The molecule has 110 valence electrons. The summed E-state index contributed by atoms with van der Waals surface area (Å²) in [6, 6.07) is 15.2. The van der Waals surface area contributed by atoms with Crippen molar-refractivity contribution in [2.75, 3.05) is 0 Å². The van der Waals surface area contributed by atoms with Crippen LogP contribution in [0.15, 0.2) is 48.5 Å². The summed E-state index contributed by atoms with van der Waals surface area (Å²) in [5.41, 5.74) is 2.68. The third kappa shape index (κ3) is 4.06. The predicted molar refractivity (Wildman–Crippen MR) is 82.3 cm³/mol. The molecule has 1 fully saturated rings. The second-order valence-corrected chi connectivity index (χ2v) is 6.96. The molecule has 0 aliphatic heterocycles. The molecule has 1 saturated carbocycles. The first-order valence-electron chi connectivity index (χ1n) is 6.86. The van der Waals surface area contributed by atoms with Crippen molar-refractivity contribution < 1.29 is 13.2 Å². The van der Waals surface area contributed by atoms with E-state index < -0.39 is 10.0 Å². The van der Waals surface area contributed by atoms with Crippen molar-refractivity contribution >= 4 is 10.0 Å². The van der Waals surface area contributed by atoms with Gasteiger partial charge in [0.25, 0.3) is 0 Å². The zero-order chi connectivity index (χ0) is 14.9. The van der Waals surface area contributed by atoms with Crippen LogP contribution in [0.4, 0.5) is 0 Å². The van der Waals surface area contributed by atoms with Gasteiger partial charge in [-0.2, -0.15) is 0 Å². The molecular weight excluding hydrogens is 286 g/mol. The third-order valence-electron chi connectivity index (χ3n) is 3.31. The highest BCUT2D eigenvalue weighted by molar-refractivity contribution is 7.88. The lowest BCUT2D eigenvalue weighted by Crippen LogP contribution is -2.14. The van der Waals surface area contributed by atoms with Crippen LogP contribution in [-0.2, 0) is 15.8 Å². The van der Waals surface area contributed by atoms with Crippen LogP contribution in [0, 0.1) is 0 Å². The molecule has 21 heavy (non-hydrogen) atoms. The predicted octanol–water partition coefficient (Wildman–Crippen LogP) is 2.68. The SMILES string of the molecule is NS(=O)(=O)Cc1cccc(-c2ccc(OC3CC3)cc2)c1. The highest BCUT2D eigenvalue weighted by Gasteiger charge is 2.23. The van der Waals surface area contributed by atoms with Crippen molar-refractivity contribution in [3.63, 3.8) is 0 Å². The van der Waals surface area contributed by atoms with Gasteiger partial charge in [0.1, 0.15) is 5.75 Å². The standard InChI is InChI=1S/C16H17NO3S/c17-21(18,19)11-12-2-1-3-14(10-12)13-4-6-15(7-5-13)20-16-8-9-16/h1-7,10,16H,8-9,11H2,(H2,17,18,19). The fraction of sp³-hybridized carbons (Fsp3) is 0.250. The van der Waals surface area contributed by atoms with Crippen molar-refractivity contribution in [2.45, 2.75) is 24.7 Å². The largest absolute Gasteiger partial charge is 0.490 e. The Balaban J connectivity index is 1.80. The summed E-state index contributed by atoms with van der Waals surface area (Å²) in [6.07, 6.45) is 2.66. The van der Waals surface area contributed by atoms with E-state index in [1.165, 1.54) is 0 Å². The smallest absolute Gasteiger partial charge is 0.213 e. The minimum atomic E-state index is -3.51.